The van der Waals surface area contributed by atoms with E-state index in [0.29, 0.717) is 12.1 Å². The maximum Gasteiger partial charge on any atom is 0.244 e. The Morgan fingerprint density at radius 3 is 2.24 bits per heavy atom. The van der Waals surface area contributed by atoms with Crippen LogP contribution in [-0.4, -0.2) is 50.0 Å². The minimum absolute atomic E-state index is 0.0663. The molecule has 0 bridgehead atoms. The summed E-state index contributed by atoms with van der Waals surface area (Å²) in [4.78, 5) is 29.9. The lowest BCUT2D eigenvalue weighted by molar-refractivity contribution is -0.140. The van der Waals surface area contributed by atoms with Gasteiger partial charge in [0.15, 0.2) is 0 Å². The van der Waals surface area contributed by atoms with Crippen LogP contribution in [0.2, 0.25) is 0 Å². The maximum absolute atomic E-state index is 14.3. The lowest BCUT2D eigenvalue weighted by Gasteiger charge is -2.35. The molecule has 1 atom stereocenters. The number of hydrogen-bond donors (Lipinski definition) is 1. The molecule has 0 radical (unpaired) electrons. The molecular formula is C33H40BrN3O4S. The summed E-state index contributed by atoms with van der Waals surface area (Å²) in [5.41, 5.74) is 3.85. The number of benzene rings is 3. The number of aryl methyl sites for hydroxylation is 2. The molecule has 2 amide bonds. The van der Waals surface area contributed by atoms with E-state index in [0.717, 1.165) is 69.4 Å². The van der Waals surface area contributed by atoms with Gasteiger partial charge in [0.05, 0.1) is 11.9 Å². The molecule has 3 aromatic rings. The van der Waals surface area contributed by atoms with Crippen molar-refractivity contribution in [2.75, 3.05) is 17.1 Å². The van der Waals surface area contributed by atoms with Gasteiger partial charge in [-0.2, -0.15) is 0 Å². The second-order valence-corrected chi connectivity index (χ2v) is 14.1. The van der Waals surface area contributed by atoms with Crippen molar-refractivity contribution in [1.82, 2.24) is 10.2 Å². The summed E-state index contributed by atoms with van der Waals surface area (Å²) in [6.07, 6.45) is 6.54. The summed E-state index contributed by atoms with van der Waals surface area (Å²) in [7, 11) is -3.81. The van der Waals surface area contributed by atoms with Gasteiger partial charge >= 0.3 is 0 Å². The van der Waals surface area contributed by atoms with Crippen molar-refractivity contribution in [3.8, 4) is 0 Å². The Hall–Kier alpha value is -3.17. The van der Waals surface area contributed by atoms with Gasteiger partial charge in [0.25, 0.3) is 0 Å². The molecule has 7 nitrogen and oxygen atoms in total. The largest absolute Gasteiger partial charge is 0.352 e. The van der Waals surface area contributed by atoms with Crippen molar-refractivity contribution in [3.05, 3.63) is 99.5 Å². The van der Waals surface area contributed by atoms with Crippen molar-refractivity contribution >= 4 is 43.5 Å². The van der Waals surface area contributed by atoms with Crippen molar-refractivity contribution in [3.63, 3.8) is 0 Å². The number of nitrogens with one attached hydrogen (secondary N) is 1. The van der Waals surface area contributed by atoms with Gasteiger partial charge in [-0.05, 0) is 67.1 Å². The lowest BCUT2D eigenvalue weighted by Crippen LogP contribution is -2.55. The first-order chi connectivity index (χ1) is 20.0. The summed E-state index contributed by atoms with van der Waals surface area (Å²) in [5.74, 6) is -0.655. The number of carbonyl (C=O) groups is 2. The Morgan fingerprint density at radius 1 is 0.929 bits per heavy atom. The van der Waals surface area contributed by atoms with Crippen LogP contribution in [0.25, 0.3) is 0 Å². The van der Waals surface area contributed by atoms with E-state index >= 15 is 0 Å². The van der Waals surface area contributed by atoms with Gasteiger partial charge in [-0.15, -0.1) is 0 Å². The molecule has 1 N–H and O–H groups in total. The first-order valence-corrected chi connectivity index (χ1v) is 17.1. The molecule has 1 aliphatic carbocycles. The van der Waals surface area contributed by atoms with Crippen molar-refractivity contribution in [1.29, 1.82) is 0 Å². The molecule has 42 heavy (non-hydrogen) atoms. The van der Waals surface area contributed by atoms with Gasteiger partial charge in [0.2, 0.25) is 21.8 Å². The highest BCUT2D eigenvalue weighted by Crippen LogP contribution is 2.26. The molecule has 4 rings (SSSR count). The number of rotatable bonds is 11. The van der Waals surface area contributed by atoms with Gasteiger partial charge in [-0.1, -0.05) is 89.8 Å². The molecule has 0 heterocycles. The standard InChI is InChI=1S/C33H40BrN3O4S/c1-24-14-15-25(2)30(20-24)37(42(3,40)41)23-32(38)36(22-27-16-18-28(34)19-17-27)31(21-26-10-6-4-7-11-26)33(39)35-29-12-8-5-9-13-29/h4,6-7,10-11,14-20,29,31H,5,8-9,12-13,21-23H2,1-3H3,(H,35,39)/t31-/m1/s1. The minimum atomic E-state index is -3.81. The number of sulfonamides is 1. The van der Waals surface area contributed by atoms with Crippen LogP contribution in [0.3, 0.4) is 0 Å². The Bertz CT molecular complexity index is 1470. The topological polar surface area (TPSA) is 86.8 Å². The quantitative estimate of drug-likeness (QED) is 0.278. The Morgan fingerprint density at radius 2 is 1.60 bits per heavy atom. The molecule has 0 unspecified atom stereocenters. The highest BCUT2D eigenvalue weighted by atomic mass is 79.9. The van der Waals surface area contributed by atoms with Crippen molar-refractivity contribution in [2.45, 2.75) is 71.0 Å². The zero-order valence-corrected chi connectivity index (χ0v) is 27.0. The van der Waals surface area contributed by atoms with Crippen LogP contribution in [0.5, 0.6) is 0 Å². The molecule has 0 spiro atoms. The number of anilines is 1. The highest BCUT2D eigenvalue weighted by Gasteiger charge is 2.34. The van der Waals surface area contributed by atoms with E-state index in [1.807, 2.05) is 80.6 Å². The van der Waals surface area contributed by atoms with E-state index in [4.69, 9.17) is 0 Å². The van der Waals surface area contributed by atoms with Gasteiger partial charge in [0, 0.05) is 23.5 Å². The van der Waals surface area contributed by atoms with E-state index in [2.05, 4.69) is 21.2 Å². The highest BCUT2D eigenvalue weighted by molar-refractivity contribution is 9.10. The SMILES string of the molecule is Cc1ccc(C)c(N(CC(=O)N(Cc2ccc(Br)cc2)[C@H](Cc2ccccc2)C(=O)NC2CCCCC2)S(C)(=O)=O)c1. The first kappa shape index (κ1) is 31.8. The zero-order chi connectivity index (χ0) is 30.3. The van der Waals surface area contributed by atoms with Gasteiger partial charge in [-0.3, -0.25) is 13.9 Å². The van der Waals surface area contributed by atoms with E-state index in [1.165, 1.54) is 0 Å². The number of carbonyl (C=O) groups excluding carboxylic acids is 2. The summed E-state index contributed by atoms with van der Waals surface area (Å²) < 4.78 is 28.2. The Labute approximate surface area is 258 Å². The zero-order valence-electron chi connectivity index (χ0n) is 24.6. The van der Waals surface area contributed by atoms with Crippen LogP contribution >= 0.6 is 15.9 Å². The average Bonchev–Trinajstić information content (AvgIpc) is 2.96. The van der Waals surface area contributed by atoms with Gasteiger partial charge in [-0.25, -0.2) is 8.42 Å². The monoisotopic (exact) mass is 653 g/mol. The molecule has 0 aliphatic heterocycles. The van der Waals surface area contributed by atoms with Crippen LogP contribution in [0.15, 0.2) is 77.3 Å². The third-order valence-corrected chi connectivity index (χ3v) is 9.46. The molecular weight excluding hydrogens is 614 g/mol. The fraction of sp³-hybridized carbons (Fsp3) is 0.394. The first-order valence-electron chi connectivity index (χ1n) is 14.4. The van der Waals surface area contributed by atoms with Crippen LogP contribution < -0.4 is 9.62 Å². The summed E-state index contributed by atoms with van der Waals surface area (Å²) in [6.45, 7) is 3.46. The molecule has 1 saturated carbocycles. The maximum atomic E-state index is 14.3. The van der Waals surface area contributed by atoms with Crippen LogP contribution in [0.1, 0.15) is 54.4 Å². The number of nitrogens with zero attached hydrogens (tertiary/aromatic N) is 2. The van der Waals surface area contributed by atoms with E-state index in [1.54, 1.807) is 11.0 Å². The summed E-state index contributed by atoms with van der Waals surface area (Å²) in [5, 5.41) is 3.23. The molecule has 1 aliphatic rings. The van der Waals surface area contributed by atoms with E-state index < -0.39 is 28.5 Å². The molecule has 0 aromatic heterocycles. The predicted molar refractivity (Wildman–Crippen MR) is 172 cm³/mol. The molecule has 1 fully saturated rings. The van der Waals surface area contributed by atoms with Crippen molar-refractivity contribution < 1.29 is 18.0 Å². The Kier molecular flexibility index (Phi) is 10.8. The number of halogens is 1. The van der Waals surface area contributed by atoms with Gasteiger partial charge < -0.3 is 10.2 Å². The summed E-state index contributed by atoms with van der Waals surface area (Å²) in [6, 6.07) is 22.0. The smallest absolute Gasteiger partial charge is 0.244 e. The van der Waals surface area contributed by atoms with Crippen LogP contribution in [-0.2, 0) is 32.6 Å². The fourth-order valence-corrected chi connectivity index (χ4v) is 6.63. The normalized spacial score (nSPS) is 14.7. The van der Waals surface area contributed by atoms with Crippen LogP contribution in [0.4, 0.5) is 5.69 Å². The minimum Gasteiger partial charge on any atom is -0.352 e. The fourth-order valence-electron chi connectivity index (χ4n) is 5.47. The predicted octanol–water partition coefficient (Wildman–Crippen LogP) is 5.92. The molecule has 9 heteroatoms. The number of amides is 2. The molecule has 3 aromatic carbocycles. The number of hydrogen-bond acceptors (Lipinski definition) is 4. The van der Waals surface area contributed by atoms with E-state index in [-0.39, 0.29) is 18.5 Å². The third kappa shape index (κ3) is 8.67. The van der Waals surface area contributed by atoms with E-state index in [9.17, 15) is 18.0 Å². The van der Waals surface area contributed by atoms with Gasteiger partial charge in [0.1, 0.15) is 12.6 Å². The third-order valence-electron chi connectivity index (χ3n) is 7.80. The van der Waals surface area contributed by atoms with Crippen molar-refractivity contribution in [2.24, 2.45) is 0 Å². The lowest BCUT2D eigenvalue weighted by atomic mass is 9.94. The Balaban J connectivity index is 1.73. The second kappa shape index (κ2) is 14.3. The molecule has 0 saturated heterocycles. The second-order valence-electron chi connectivity index (χ2n) is 11.3. The molecule has 224 valence electrons. The summed E-state index contributed by atoms with van der Waals surface area (Å²) >= 11 is 3.47. The average molecular weight is 655 g/mol. The van der Waals surface area contributed by atoms with Crippen LogP contribution in [0, 0.1) is 13.8 Å².